The number of rotatable bonds is 2. The highest BCUT2D eigenvalue weighted by molar-refractivity contribution is 4.81. The molecule has 0 aromatic rings. The summed E-state index contributed by atoms with van der Waals surface area (Å²) in [5.74, 6) is 0. The van der Waals surface area contributed by atoms with E-state index in [0.29, 0.717) is 0 Å². The minimum absolute atomic E-state index is 3.88. The van der Waals surface area contributed by atoms with Gasteiger partial charge in [-0.05, 0) is 0 Å². The van der Waals surface area contributed by atoms with E-state index in [4.69, 9.17) is 0 Å². The average Bonchev–Trinajstić information content (AvgIpc) is 1.98. The van der Waals surface area contributed by atoms with Crippen molar-refractivity contribution in [1.82, 2.24) is 5.12 Å². The Hall–Kier alpha value is -0.810. The summed E-state index contributed by atoms with van der Waals surface area (Å²) in [4.78, 5) is 0. The Morgan fingerprint density at radius 2 is 0.688 bits per heavy atom. The maximum atomic E-state index is 11.8. The Kier molecular flexibility index (Phi) is 3.42. The molecule has 0 saturated heterocycles. The van der Waals surface area contributed by atoms with Crippen molar-refractivity contribution < 1.29 is 48.4 Å². The third-order valence-corrected chi connectivity index (χ3v) is 1.18. The predicted octanol–water partition coefficient (Wildman–Crippen LogP) is 3.48. The van der Waals surface area contributed by atoms with Crippen LogP contribution in [-0.2, 0) is 0 Å². The Labute approximate surface area is 79.4 Å². The number of hydrogen-bond donors (Lipinski definition) is 0. The lowest BCUT2D eigenvalue weighted by atomic mass is 10.4. The van der Waals surface area contributed by atoms with E-state index in [-0.39, 0.29) is 0 Å². The largest absolute Gasteiger partial charge is 0.472 e. The molecule has 0 aromatic heterocycles. The van der Waals surface area contributed by atoms with Gasteiger partial charge in [0.1, 0.15) is 0 Å². The van der Waals surface area contributed by atoms with Crippen LogP contribution in [0.25, 0.3) is 0 Å². The van der Waals surface area contributed by atoms with Crippen LogP contribution in [0.3, 0.4) is 0 Å². The summed E-state index contributed by atoms with van der Waals surface area (Å²) in [5, 5.41) is -3.88. The molecule has 0 spiro atoms. The number of hydrogen-bond acceptors (Lipinski definition) is 1. The van der Waals surface area contributed by atoms with Gasteiger partial charge in [0.25, 0.3) is 0 Å². The molecule has 0 saturated carbocycles. The van der Waals surface area contributed by atoms with E-state index in [1.54, 1.807) is 0 Å². The van der Waals surface area contributed by atoms with E-state index in [9.17, 15) is 48.4 Å². The second-order valence-electron chi connectivity index (χ2n) is 2.36. The predicted molar refractivity (Wildman–Crippen MR) is 25.0 cm³/mol. The lowest BCUT2D eigenvalue weighted by Crippen LogP contribution is -2.60. The van der Waals surface area contributed by atoms with Crippen molar-refractivity contribution >= 4 is 0 Å². The molecule has 0 aliphatic carbocycles. The zero-order valence-corrected chi connectivity index (χ0v) is 6.60. The molecule has 0 aliphatic heterocycles. The minimum Gasteiger partial charge on any atom is -0.175 e. The molecular weight excluding hydrogens is 271 g/mol. The summed E-state index contributed by atoms with van der Waals surface area (Å²) in [6, 6.07) is -13.9. The molecule has 0 fully saturated rings. The van der Waals surface area contributed by atoms with Crippen molar-refractivity contribution in [1.29, 1.82) is 0 Å². The molecule has 0 N–H and O–H groups in total. The highest BCUT2D eigenvalue weighted by Crippen LogP contribution is 2.48. The van der Waals surface area contributed by atoms with Crippen LogP contribution in [0, 0.1) is 0 Å². The summed E-state index contributed by atoms with van der Waals surface area (Å²) in [5.41, 5.74) is 0. The molecule has 0 bridgehead atoms. The molecule has 0 atom stereocenters. The first-order valence-electron chi connectivity index (χ1n) is 3.01. The summed E-state index contributed by atoms with van der Waals surface area (Å²) in [6.07, 6.45) is -13.8. The zero-order valence-electron chi connectivity index (χ0n) is 6.60. The fourth-order valence-corrected chi connectivity index (χ4v) is 0.399. The number of nitrogens with zero attached hydrogens (tertiary/aromatic N) is 1. The van der Waals surface area contributed by atoms with Crippen LogP contribution in [0.2, 0.25) is 0 Å². The van der Waals surface area contributed by atoms with Gasteiger partial charge in [0.15, 0.2) is 0 Å². The molecule has 12 heteroatoms. The molecule has 0 radical (unpaired) electrons. The highest BCUT2D eigenvalue weighted by atomic mass is 19.4. The maximum Gasteiger partial charge on any atom is 0.472 e. The third-order valence-electron chi connectivity index (χ3n) is 1.18. The fraction of sp³-hybridized carbons (Fsp3) is 1.00. The van der Waals surface area contributed by atoms with Crippen molar-refractivity contribution in [2.75, 3.05) is 0 Å². The first-order chi connectivity index (χ1) is 6.65. The van der Waals surface area contributed by atoms with E-state index in [1.807, 2.05) is 0 Å². The lowest BCUT2D eigenvalue weighted by molar-refractivity contribution is -0.476. The molecule has 0 aliphatic rings. The molecule has 0 amide bonds. The smallest absolute Gasteiger partial charge is 0.175 e. The van der Waals surface area contributed by atoms with E-state index in [2.05, 4.69) is 0 Å². The van der Waals surface area contributed by atoms with Crippen molar-refractivity contribution in [3.8, 4) is 0 Å². The number of alkyl halides is 10. The molecule has 16 heavy (non-hydrogen) atoms. The van der Waals surface area contributed by atoms with Crippen LogP contribution in [0.4, 0.5) is 48.4 Å². The Bertz CT molecular complexity index is 222. The van der Waals surface area contributed by atoms with Gasteiger partial charge in [-0.1, -0.05) is 0 Å². The first kappa shape index (κ1) is 15.2. The van der Waals surface area contributed by atoms with Gasteiger partial charge in [0.05, 0.1) is 0 Å². The summed E-state index contributed by atoms with van der Waals surface area (Å²) < 4.78 is 127. The van der Waals surface area contributed by atoms with Crippen LogP contribution in [-0.4, -0.2) is 29.6 Å². The Morgan fingerprint density at radius 1 is 0.500 bits per heavy atom. The molecular formula is C4F11N. The molecule has 1 nitrogen and oxygen atoms in total. The van der Waals surface area contributed by atoms with Crippen LogP contribution in [0.5, 0.6) is 0 Å². The number of halogens is 11. The Balaban J connectivity index is 5.30. The molecule has 0 rings (SSSR count). The standard InChI is InChI=1S/C4F11N/c5-1(6,7)3(11,12)16(15)4(13,14)2(8,9)10. The highest BCUT2D eigenvalue weighted by Gasteiger charge is 2.76. The summed E-state index contributed by atoms with van der Waals surface area (Å²) in [7, 11) is 0. The van der Waals surface area contributed by atoms with Crippen LogP contribution < -0.4 is 0 Å². The third kappa shape index (κ3) is 2.30. The topological polar surface area (TPSA) is 3.24 Å². The van der Waals surface area contributed by atoms with Crippen LogP contribution in [0.1, 0.15) is 0 Å². The van der Waals surface area contributed by atoms with E-state index in [1.165, 1.54) is 0 Å². The fourth-order valence-electron chi connectivity index (χ4n) is 0.399. The quantitative estimate of drug-likeness (QED) is 0.422. The van der Waals surface area contributed by atoms with Gasteiger partial charge >= 0.3 is 24.4 Å². The Morgan fingerprint density at radius 3 is 0.812 bits per heavy atom. The summed E-state index contributed by atoms with van der Waals surface area (Å²) >= 11 is 0. The molecule has 0 aromatic carbocycles. The molecule has 98 valence electrons. The van der Waals surface area contributed by atoms with Crippen molar-refractivity contribution in [2.24, 2.45) is 0 Å². The van der Waals surface area contributed by atoms with Gasteiger partial charge in [-0.2, -0.15) is 43.9 Å². The van der Waals surface area contributed by atoms with Gasteiger partial charge in [0.2, 0.25) is 0 Å². The lowest BCUT2D eigenvalue weighted by Gasteiger charge is -2.31. The second-order valence-corrected chi connectivity index (χ2v) is 2.36. The zero-order chi connectivity index (χ0) is 13.6. The van der Waals surface area contributed by atoms with E-state index in [0.717, 1.165) is 0 Å². The maximum absolute atomic E-state index is 11.8. The van der Waals surface area contributed by atoms with Crippen molar-refractivity contribution in [2.45, 2.75) is 24.4 Å². The van der Waals surface area contributed by atoms with Gasteiger partial charge in [-0.3, -0.25) is 0 Å². The van der Waals surface area contributed by atoms with Crippen LogP contribution >= 0.6 is 0 Å². The molecule has 0 heterocycles. The minimum atomic E-state index is -6.97. The first-order valence-corrected chi connectivity index (χ1v) is 3.01. The van der Waals surface area contributed by atoms with Gasteiger partial charge in [0, 0.05) is 5.12 Å². The van der Waals surface area contributed by atoms with E-state index >= 15 is 0 Å². The monoisotopic (exact) mass is 271 g/mol. The van der Waals surface area contributed by atoms with Crippen molar-refractivity contribution in [3.63, 3.8) is 0 Å². The molecule has 0 unspecified atom stereocenters. The van der Waals surface area contributed by atoms with Gasteiger partial charge < -0.3 is 0 Å². The van der Waals surface area contributed by atoms with Gasteiger partial charge in [-0.15, -0.1) is 4.48 Å². The normalized spacial score (nSPS) is 15.8. The average molecular weight is 271 g/mol. The SMILES string of the molecule is FN(C(F)(F)C(F)(F)F)C(F)(F)C(F)(F)F. The van der Waals surface area contributed by atoms with Crippen molar-refractivity contribution in [3.05, 3.63) is 0 Å². The van der Waals surface area contributed by atoms with E-state index < -0.39 is 29.6 Å². The van der Waals surface area contributed by atoms with Crippen LogP contribution in [0.15, 0.2) is 0 Å². The summed E-state index contributed by atoms with van der Waals surface area (Å²) in [6.45, 7) is 0. The van der Waals surface area contributed by atoms with Gasteiger partial charge in [-0.25, -0.2) is 0 Å². The second kappa shape index (κ2) is 3.60.